The Kier molecular flexibility index (Phi) is 3.20. The fraction of sp³-hybridized carbons (Fsp3) is 0.167. The van der Waals surface area contributed by atoms with Gasteiger partial charge in [0.25, 0.3) is 0 Å². The van der Waals surface area contributed by atoms with E-state index in [2.05, 4.69) is 21.1 Å². The third-order valence-electron chi connectivity index (χ3n) is 4.01. The van der Waals surface area contributed by atoms with Crippen LogP contribution in [0.4, 0.5) is 0 Å². The highest BCUT2D eigenvalue weighted by atomic mass is 79.9. The number of benzene rings is 2. The van der Waals surface area contributed by atoms with Crippen molar-refractivity contribution in [2.45, 2.75) is 19.1 Å². The standard InChI is InChI=1S/C18H14BrNO3/c1-11-9-18(22-17-8-14(21)6-7-15(11)17)10-16(20-23-18)12-2-4-13(19)5-3-12/h2-9,21H,10H2,1H3. The first-order valence-corrected chi connectivity index (χ1v) is 8.07. The van der Waals surface area contributed by atoms with E-state index in [-0.39, 0.29) is 5.75 Å². The fourth-order valence-electron chi connectivity index (χ4n) is 2.90. The Balaban J connectivity index is 1.65. The van der Waals surface area contributed by atoms with Crippen LogP contribution >= 0.6 is 15.9 Å². The predicted molar refractivity (Wildman–Crippen MR) is 91.5 cm³/mol. The summed E-state index contributed by atoms with van der Waals surface area (Å²) in [6, 6.07) is 13.0. The molecule has 1 atom stereocenters. The van der Waals surface area contributed by atoms with Crippen molar-refractivity contribution in [3.63, 3.8) is 0 Å². The van der Waals surface area contributed by atoms with Crippen LogP contribution in [0.25, 0.3) is 5.57 Å². The van der Waals surface area contributed by atoms with E-state index in [9.17, 15) is 5.11 Å². The van der Waals surface area contributed by atoms with Gasteiger partial charge in [0.05, 0.1) is 12.1 Å². The van der Waals surface area contributed by atoms with E-state index in [1.54, 1.807) is 12.1 Å². The smallest absolute Gasteiger partial charge is 0.301 e. The van der Waals surface area contributed by atoms with Crippen LogP contribution < -0.4 is 4.74 Å². The number of hydrogen-bond acceptors (Lipinski definition) is 4. The van der Waals surface area contributed by atoms with Crippen molar-refractivity contribution in [1.29, 1.82) is 0 Å². The van der Waals surface area contributed by atoms with Gasteiger partial charge in [0.15, 0.2) is 0 Å². The zero-order chi connectivity index (χ0) is 16.0. The third kappa shape index (κ3) is 2.51. The number of nitrogens with zero attached hydrogens (tertiary/aromatic N) is 1. The van der Waals surface area contributed by atoms with Gasteiger partial charge >= 0.3 is 5.79 Å². The number of halogens is 1. The van der Waals surface area contributed by atoms with E-state index in [1.165, 1.54) is 0 Å². The summed E-state index contributed by atoms with van der Waals surface area (Å²) in [5.41, 5.74) is 3.83. The number of phenolic OH excluding ortho intramolecular Hbond substituents is 1. The van der Waals surface area contributed by atoms with Crippen LogP contribution in [0.1, 0.15) is 24.5 Å². The second kappa shape index (κ2) is 5.13. The van der Waals surface area contributed by atoms with E-state index in [0.717, 1.165) is 26.9 Å². The van der Waals surface area contributed by atoms with Crippen molar-refractivity contribution in [3.8, 4) is 11.5 Å². The molecule has 1 N–H and O–H groups in total. The molecule has 2 aromatic carbocycles. The lowest BCUT2D eigenvalue weighted by atomic mass is 9.95. The quantitative estimate of drug-likeness (QED) is 0.804. The molecule has 0 bridgehead atoms. The van der Waals surface area contributed by atoms with E-state index < -0.39 is 5.79 Å². The zero-order valence-corrected chi connectivity index (χ0v) is 14.0. The topological polar surface area (TPSA) is 51.0 Å². The van der Waals surface area contributed by atoms with Gasteiger partial charge in [-0.15, -0.1) is 0 Å². The number of ether oxygens (including phenoxy) is 1. The van der Waals surface area contributed by atoms with Crippen LogP contribution in [-0.2, 0) is 4.84 Å². The molecule has 0 aliphatic carbocycles. The molecule has 23 heavy (non-hydrogen) atoms. The molecule has 0 fully saturated rings. The van der Waals surface area contributed by atoms with Gasteiger partial charge in [-0.25, -0.2) is 0 Å². The molecule has 1 unspecified atom stereocenters. The molecule has 4 rings (SSSR count). The van der Waals surface area contributed by atoms with Crippen molar-refractivity contribution in [2.75, 3.05) is 0 Å². The summed E-state index contributed by atoms with van der Waals surface area (Å²) in [6.07, 6.45) is 2.46. The summed E-state index contributed by atoms with van der Waals surface area (Å²) >= 11 is 3.43. The van der Waals surface area contributed by atoms with Crippen molar-refractivity contribution in [2.24, 2.45) is 5.16 Å². The van der Waals surface area contributed by atoms with Crippen LogP contribution in [0.15, 0.2) is 58.2 Å². The molecule has 4 nitrogen and oxygen atoms in total. The summed E-state index contributed by atoms with van der Waals surface area (Å²) in [7, 11) is 0. The third-order valence-corrected chi connectivity index (χ3v) is 4.54. The number of oxime groups is 1. The van der Waals surface area contributed by atoms with Gasteiger partial charge in [0, 0.05) is 22.2 Å². The predicted octanol–water partition coefficient (Wildman–Crippen LogP) is 4.47. The minimum Gasteiger partial charge on any atom is -0.508 e. The Bertz CT molecular complexity index is 842. The second-order valence-corrected chi connectivity index (χ2v) is 6.65. The van der Waals surface area contributed by atoms with Crippen LogP contribution in [-0.4, -0.2) is 16.6 Å². The lowest BCUT2D eigenvalue weighted by Crippen LogP contribution is -2.36. The lowest BCUT2D eigenvalue weighted by Gasteiger charge is -2.30. The minimum atomic E-state index is -0.937. The fourth-order valence-corrected chi connectivity index (χ4v) is 3.17. The first kappa shape index (κ1) is 14.3. The largest absolute Gasteiger partial charge is 0.508 e. The molecule has 1 spiro atoms. The Morgan fingerprint density at radius 3 is 2.74 bits per heavy atom. The van der Waals surface area contributed by atoms with E-state index in [4.69, 9.17) is 9.57 Å². The first-order valence-electron chi connectivity index (χ1n) is 7.28. The maximum absolute atomic E-state index is 9.69. The molecule has 2 aliphatic heterocycles. The Morgan fingerprint density at radius 2 is 1.96 bits per heavy atom. The van der Waals surface area contributed by atoms with Crippen molar-refractivity contribution in [1.82, 2.24) is 0 Å². The van der Waals surface area contributed by atoms with E-state index >= 15 is 0 Å². The van der Waals surface area contributed by atoms with E-state index in [0.29, 0.717) is 12.2 Å². The maximum Gasteiger partial charge on any atom is 0.301 e. The van der Waals surface area contributed by atoms with Crippen LogP contribution in [0.3, 0.4) is 0 Å². The Labute approximate surface area is 142 Å². The normalized spacial score (nSPS) is 22.0. The molecule has 2 aliphatic rings. The summed E-state index contributed by atoms with van der Waals surface area (Å²) in [6.45, 7) is 2.00. The van der Waals surface area contributed by atoms with Crippen molar-refractivity contribution >= 4 is 27.2 Å². The molecular weight excluding hydrogens is 358 g/mol. The van der Waals surface area contributed by atoms with Gasteiger partial charge in [-0.2, -0.15) is 0 Å². The Morgan fingerprint density at radius 1 is 1.17 bits per heavy atom. The average molecular weight is 372 g/mol. The van der Waals surface area contributed by atoms with Crippen molar-refractivity contribution in [3.05, 3.63) is 64.1 Å². The highest BCUT2D eigenvalue weighted by molar-refractivity contribution is 9.10. The number of allylic oxidation sites excluding steroid dienone is 1. The SMILES string of the molecule is CC1=CC2(CC(c3ccc(Br)cc3)=NO2)Oc2cc(O)ccc21. The lowest BCUT2D eigenvalue weighted by molar-refractivity contribution is -0.127. The number of hydrogen-bond donors (Lipinski definition) is 1. The second-order valence-electron chi connectivity index (χ2n) is 5.73. The van der Waals surface area contributed by atoms with Gasteiger partial charge in [0.2, 0.25) is 0 Å². The molecule has 0 saturated heterocycles. The molecule has 2 aromatic rings. The summed E-state index contributed by atoms with van der Waals surface area (Å²) in [4.78, 5) is 5.64. The van der Waals surface area contributed by atoms with Crippen LogP contribution in [0, 0.1) is 0 Å². The van der Waals surface area contributed by atoms with Gasteiger partial charge in [0.1, 0.15) is 11.5 Å². The van der Waals surface area contributed by atoms with Gasteiger partial charge in [-0.05, 0) is 42.3 Å². The molecule has 116 valence electrons. The maximum atomic E-state index is 9.69. The van der Waals surface area contributed by atoms with E-state index in [1.807, 2.05) is 43.3 Å². The summed E-state index contributed by atoms with van der Waals surface area (Å²) < 4.78 is 7.04. The van der Waals surface area contributed by atoms with Gasteiger partial charge in [-0.3, -0.25) is 0 Å². The average Bonchev–Trinajstić information content (AvgIpc) is 2.90. The Hall–Kier alpha value is -2.27. The number of fused-ring (bicyclic) bond motifs is 1. The molecule has 5 heteroatoms. The molecule has 0 amide bonds. The highest BCUT2D eigenvalue weighted by Crippen LogP contribution is 2.42. The summed E-state index contributed by atoms with van der Waals surface area (Å²) in [5.74, 6) is -0.161. The van der Waals surface area contributed by atoms with Crippen molar-refractivity contribution < 1.29 is 14.7 Å². The van der Waals surface area contributed by atoms with Gasteiger partial charge in [-0.1, -0.05) is 33.2 Å². The van der Waals surface area contributed by atoms with Crippen LogP contribution in [0.2, 0.25) is 0 Å². The molecule has 0 aromatic heterocycles. The zero-order valence-electron chi connectivity index (χ0n) is 12.4. The minimum absolute atomic E-state index is 0.167. The first-order chi connectivity index (χ1) is 11.0. The molecule has 0 saturated carbocycles. The molecule has 0 radical (unpaired) electrons. The summed E-state index contributed by atoms with van der Waals surface area (Å²) in [5, 5.41) is 13.9. The monoisotopic (exact) mass is 371 g/mol. The number of phenols is 1. The highest BCUT2D eigenvalue weighted by Gasteiger charge is 2.43. The van der Waals surface area contributed by atoms with Gasteiger partial charge < -0.3 is 14.7 Å². The molecule has 2 heterocycles. The number of aromatic hydroxyl groups is 1. The van der Waals surface area contributed by atoms with Crippen LogP contribution in [0.5, 0.6) is 11.5 Å². The number of rotatable bonds is 1. The molecular formula is C18H14BrNO3.